The molecule has 1 atom stereocenters. The molecule has 0 spiro atoms. The van der Waals surface area contributed by atoms with E-state index < -0.39 is 34.3 Å². The molecule has 1 saturated carbocycles. The van der Waals surface area contributed by atoms with Crippen LogP contribution in [0, 0.1) is 12.7 Å². The number of sulfonamides is 1. The van der Waals surface area contributed by atoms with Crippen LogP contribution in [0.15, 0.2) is 42.5 Å². The monoisotopic (exact) mass is 551 g/mol. The summed E-state index contributed by atoms with van der Waals surface area (Å²) in [5, 5.41) is 2.85. The molecule has 1 N–H and O–H groups in total. The number of anilines is 1. The van der Waals surface area contributed by atoms with Crippen LogP contribution in [-0.2, 0) is 26.2 Å². The molecule has 1 fully saturated rings. The van der Waals surface area contributed by atoms with Gasteiger partial charge in [0.25, 0.3) is 0 Å². The molecule has 37 heavy (non-hydrogen) atoms. The van der Waals surface area contributed by atoms with Crippen molar-refractivity contribution in [3.05, 3.63) is 64.4 Å². The first-order chi connectivity index (χ1) is 17.5. The first-order valence-electron chi connectivity index (χ1n) is 12.6. The maximum Gasteiger partial charge on any atom is 0.244 e. The molecule has 2 aromatic carbocycles. The third kappa shape index (κ3) is 7.68. The number of hydrogen-bond donors (Lipinski definition) is 1. The van der Waals surface area contributed by atoms with Crippen LogP contribution >= 0.6 is 11.6 Å². The van der Waals surface area contributed by atoms with Crippen molar-refractivity contribution in [1.29, 1.82) is 0 Å². The summed E-state index contributed by atoms with van der Waals surface area (Å²) in [4.78, 5) is 28.6. The zero-order valence-corrected chi connectivity index (χ0v) is 23.1. The Balaban J connectivity index is 1.93. The van der Waals surface area contributed by atoms with Gasteiger partial charge in [-0.2, -0.15) is 0 Å². The standard InChI is InChI=1S/C27H35ClFN3O4S/c1-4-25(27(34)30-21-12-6-5-7-13-21)31(17-20-11-9-8-10-19(20)2)26(33)18-32(37(3,35)36)22-14-15-24(29)23(28)16-22/h8-11,14-16,21,25H,4-7,12-13,17-18H2,1-3H3,(H,30,34). The van der Waals surface area contributed by atoms with Crippen molar-refractivity contribution in [1.82, 2.24) is 10.2 Å². The van der Waals surface area contributed by atoms with Crippen LogP contribution in [-0.4, -0.2) is 50.0 Å². The Kier molecular flexibility index (Phi) is 9.95. The van der Waals surface area contributed by atoms with Gasteiger partial charge in [0.1, 0.15) is 18.4 Å². The average molecular weight is 552 g/mol. The Hall–Kier alpha value is -2.65. The van der Waals surface area contributed by atoms with Crippen molar-refractivity contribution in [3.8, 4) is 0 Å². The number of aryl methyl sites for hydroxylation is 1. The van der Waals surface area contributed by atoms with Crippen molar-refractivity contribution in [2.24, 2.45) is 0 Å². The number of carbonyl (C=O) groups excluding carboxylic acids is 2. The van der Waals surface area contributed by atoms with Gasteiger partial charge in [0.15, 0.2) is 0 Å². The van der Waals surface area contributed by atoms with Gasteiger partial charge in [-0.3, -0.25) is 13.9 Å². The minimum absolute atomic E-state index is 0.0674. The summed E-state index contributed by atoms with van der Waals surface area (Å²) in [6.07, 6.45) is 6.39. The largest absolute Gasteiger partial charge is 0.352 e. The number of nitrogens with one attached hydrogen (secondary N) is 1. The van der Waals surface area contributed by atoms with Crippen molar-refractivity contribution in [2.75, 3.05) is 17.1 Å². The van der Waals surface area contributed by atoms with E-state index in [1.165, 1.54) is 17.0 Å². The highest BCUT2D eigenvalue weighted by atomic mass is 35.5. The molecule has 0 saturated heterocycles. The number of halogens is 2. The minimum atomic E-state index is -3.93. The van der Waals surface area contributed by atoms with Gasteiger partial charge in [0, 0.05) is 12.6 Å². The second kappa shape index (κ2) is 12.7. The molecule has 7 nitrogen and oxygen atoms in total. The normalized spacial score (nSPS) is 15.2. The summed E-state index contributed by atoms with van der Waals surface area (Å²) in [6, 6.07) is 10.3. The summed E-state index contributed by atoms with van der Waals surface area (Å²) in [6.45, 7) is 3.34. The SMILES string of the molecule is CCC(C(=O)NC1CCCCC1)N(Cc1ccccc1C)C(=O)CN(c1ccc(F)c(Cl)c1)S(C)(=O)=O. The summed E-state index contributed by atoms with van der Waals surface area (Å²) in [5.74, 6) is -1.48. The van der Waals surface area contributed by atoms with E-state index in [4.69, 9.17) is 11.6 Å². The number of nitrogens with zero attached hydrogens (tertiary/aromatic N) is 2. The van der Waals surface area contributed by atoms with Gasteiger partial charge >= 0.3 is 0 Å². The van der Waals surface area contributed by atoms with E-state index in [0.29, 0.717) is 6.42 Å². The molecule has 1 unspecified atom stereocenters. The molecule has 0 heterocycles. The van der Waals surface area contributed by atoms with E-state index in [0.717, 1.165) is 59.9 Å². The van der Waals surface area contributed by atoms with E-state index in [9.17, 15) is 22.4 Å². The predicted molar refractivity (Wildman–Crippen MR) is 144 cm³/mol. The highest BCUT2D eigenvalue weighted by Gasteiger charge is 2.33. The van der Waals surface area contributed by atoms with Crippen LogP contribution in [0.4, 0.5) is 10.1 Å². The highest BCUT2D eigenvalue weighted by molar-refractivity contribution is 7.92. The van der Waals surface area contributed by atoms with Crippen LogP contribution < -0.4 is 9.62 Å². The highest BCUT2D eigenvalue weighted by Crippen LogP contribution is 2.25. The van der Waals surface area contributed by atoms with Gasteiger partial charge in [-0.15, -0.1) is 0 Å². The van der Waals surface area contributed by atoms with Crippen molar-refractivity contribution in [2.45, 2.75) is 71.0 Å². The van der Waals surface area contributed by atoms with Crippen molar-refractivity contribution >= 4 is 39.1 Å². The Bertz CT molecular complexity index is 1220. The zero-order valence-electron chi connectivity index (χ0n) is 21.5. The first kappa shape index (κ1) is 28.9. The summed E-state index contributed by atoms with van der Waals surface area (Å²) >= 11 is 5.89. The Morgan fingerprint density at radius 3 is 2.41 bits per heavy atom. The lowest BCUT2D eigenvalue weighted by molar-refractivity contribution is -0.140. The quantitative estimate of drug-likeness (QED) is 0.459. The van der Waals surface area contributed by atoms with E-state index in [-0.39, 0.29) is 29.2 Å². The van der Waals surface area contributed by atoms with Crippen LogP contribution in [0.3, 0.4) is 0 Å². The maximum atomic E-state index is 13.8. The molecule has 0 aliphatic heterocycles. The van der Waals surface area contributed by atoms with Gasteiger partial charge in [0.2, 0.25) is 21.8 Å². The third-order valence-electron chi connectivity index (χ3n) is 6.81. The zero-order chi connectivity index (χ0) is 27.2. The number of amides is 2. The van der Waals surface area contributed by atoms with E-state index in [1.807, 2.05) is 38.1 Å². The Labute approximate surface area is 224 Å². The first-order valence-corrected chi connectivity index (χ1v) is 14.8. The fourth-order valence-electron chi connectivity index (χ4n) is 4.69. The number of hydrogen-bond acceptors (Lipinski definition) is 4. The lowest BCUT2D eigenvalue weighted by atomic mass is 9.95. The average Bonchev–Trinajstić information content (AvgIpc) is 2.85. The molecule has 1 aliphatic rings. The molecular formula is C27H35ClFN3O4S. The topological polar surface area (TPSA) is 86.8 Å². The smallest absolute Gasteiger partial charge is 0.244 e. The van der Waals surface area contributed by atoms with Crippen LogP contribution in [0.25, 0.3) is 0 Å². The van der Waals surface area contributed by atoms with Crippen LogP contribution in [0.5, 0.6) is 0 Å². The second-order valence-corrected chi connectivity index (χ2v) is 11.9. The Morgan fingerprint density at radius 2 is 1.81 bits per heavy atom. The van der Waals surface area contributed by atoms with E-state index >= 15 is 0 Å². The minimum Gasteiger partial charge on any atom is -0.352 e. The molecule has 1 aliphatic carbocycles. The van der Waals surface area contributed by atoms with Gasteiger partial charge in [-0.25, -0.2) is 12.8 Å². The van der Waals surface area contributed by atoms with E-state index in [1.54, 1.807) is 0 Å². The molecule has 202 valence electrons. The van der Waals surface area contributed by atoms with Gasteiger partial charge < -0.3 is 10.2 Å². The number of carbonyl (C=O) groups is 2. The molecule has 0 radical (unpaired) electrons. The van der Waals surface area contributed by atoms with Gasteiger partial charge in [-0.1, -0.05) is 62.1 Å². The van der Waals surface area contributed by atoms with Crippen molar-refractivity contribution < 1.29 is 22.4 Å². The predicted octanol–water partition coefficient (Wildman–Crippen LogP) is 4.81. The lowest BCUT2D eigenvalue weighted by Crippen LogP contribution is -2.54. The van der Waals surface area contributed by atoms with Gasteiger partial charge in [0.05, 0.1) is 17.0 Å². The molecule has 0 bridgehead atoms. The number of rotatable bonds is 10. The van der Waals surface area contributed by atoms with Crippen LogP contribution in [0.2, 0.25) is 5.02 Å². The molecule has 3 rings (SSSR count). The summed E-state index contributed by atoms with van der Waals surface area (Å²) in [5.41, 5.74) is 1.88. The maximum absolute atomic E-state index is 13.8. The van der Waals surface area contributed by atoms with E-state index in [2.05, 4.69) is 5.32 Å². The molecular weight excluding hydrogens is 517 g/mol. The van der Waals surface area contributed by atoms with Gasteiger partial charge in [-0.05, 0) is 55.5 Å². The fourth-order valence-corrected chi connectivity index (χ4v) is 5.70. The molecule has 0 aromatic heterocycles. The summed E-state index contributed by atoms with van der Waals surface area (Å²) < 4.78 is 40.0. The molecule has 10 heteroatoms. The second-order valence-electron chi connectivity index (χ2n) is 9.58. The molecule has 2 amide bonds. The summed E-state index contributed by atoms with van der Waals surface area (Å²) in [7, 11) is -3.93. The third-order valence-corrected chi connectivity index (χ3v) is 8.24. The van der Waals surface area contributed by atoms with Crippen molar-refractivity contribution in [3.63, 3.8) is 0 Å². The lowest BCUT2D eigenvalue weighted by Gasteiger charge is -2.34. The Morgan fingerprint density at radius 1 is 1.14 bits per heavy atom. The fraction of sp³-hybridized carbons (Fsp3) is 0.481. The van der Waals surface area contributed by atoms with Crippen LogP contribution in [0.1, 0.15) is 56.6 Å². The molecule has 2 aromatic rings. The number of benzene rings is 2.